The van der Waals surface area contributed by atoms with E-state index in [-0.39, 0.29) is 11.8 Å². The molecule has 7 aromatic carbocycles. The molecule has 15 rings (SSSR count). The number of rotatable bonds is 12. The number of carbonyl (C=O) groups excluding carboxylic acids is 1. The van der Waals surface area contributed by atoms with Gasteiger partial charge in [-0.1, -0.05) is 182 Å². The third-order valence-corrected chi connectivity index (χ3v) is 15.8. The summed E-state index contributed by atoms with van der Waals surface area (Å²) >= 11 is 0. The molecule has 3 aliphatic heterocycles. The van der Waals surface area contributed by atoms with Gasteiger partial charge >= 0.3 is 6.18 Å². The first-order valence-corrected chi connectivity index (χ1v) is 28.2. The van der Waals surface area contributed by atoms with E-state index in [1.165, 1.54) is 11.1 Å². The molecule has 2 unspecified atom stereocenters. The van der Waals surface area contributed by atoms with Gasteiger partial charge in [0.2, 0.25) is 6.29 Å². The van der Waals surface area contributed by atoms with Crippen molar-refractivity contribution in [2.45, 2.75) is 56.8 Å². The SMILES string of the molecule is CC(c1ccccc1)c1noc(C2=Nc3cc4c(-c5ccncc5)nn(C(c5ccccc5)(c5ccccc5)c5ccccc5)c4cc3C2)n1.CC(c1ccccc1)c1noc(C2=Nc3cc4c(cc3C2)CN=C4c2ccncc2)n1.O=CC(F)(F)F. The second-order valence-electron chi connectivity index (χ2n) is 21.2. The zero-order chi connectivity index (χ0) is 59.5. The van der Waals surface area contributed by atoms with Crippen LogP contribution in [0.2, 0.25) is 0 Å². The Bertz CT molecular complexity index is 4420. The molecule has 8 heterocycles. The van der Waals surface area contributed by atoms with Gasteiger partial charge in [0.15, 0.2) is 11.6 Å². The van der Waals surface area contributed by atoms with Crippen LogP contribution in [0.5, 0.6) is 0 Å². The average Bonchev–Trinajstić information content (AvgIpc) is 1.68. The van der Waals surface area contributed by atoms with Gasteiger partial charge in [0.25, 0.3) is 11.8 Å². The second-order valence-corrected chi connectivity index (χ2v) is 21.2. The van der Waals surface area contributed by atoms with Gasteiger partial charge in [-0.3, -0.25) is 19.8 Å². The van der Waals surface area contributed by atoms with Crippen molar-refractivity contribution >= 4 is 45.7 Å². The summed E-state index contributed by atoms with van der Waals surface area (Å²) in [7, 11) is 0. The Morgan fingerprint density at radius 2 is 0.966 bits per heavy atom. The van der Waals surface area contributed by atoms with Gasteiger partial charge in [-0.25, -0.2) is 14.7 Å². The van der Waals surface area contributed by atoms with E-state index in [9.17, 15) is 13.2 Å². The molecule has 87 heavy (non-hydrogen) atoms. The summed E-state index contributed by atoms with van der Waals surface area (Å²) in [5.41, 5.74) is 17.7. The van der Waals surface area contributed by atoms with Crippen LogP contribution in [-0.2, 0) is 29.7 Å². The van der Waals surface area contributed by atoms with E-state index in [1.54, 1.807) is 12.4 Å². The largest absolute Gasteiger partial charge is 0.446 e. The number of aldehydes is 1. The number of carbonyl (C=O) groups is 1. The monoisotopic (exact) mass is 1150 g/mol. The Balaban J connectivity index is 0.000000161. The van der Waals surface area contributed by atoms with E-state index < -0.39 is 18.0 Å². The Labute approximate surface area is 497 Å². The van der Waals surface area contributed by atoms with E-state index >= 15 is 0 Å². The maximum absolute atomic E-state index is 10.4. The number of hydrogen-bond donors (Lipinski definition) is 0. The van der Waals surface area contributed by atoms with Gasteiger partial charge in [0.1, 0.15) is 22.7 Å². The molecule has 3 aliphatic rings. The van der Waals surface area contributed by atoms with Crippen molar-refractivity contribution in [1.82, 2.24) is 40.0 Å². The van der Waals surface area contributed by atoms with Crippen LogP contribution in [-0.4, -0.2) is 69.6 Å². The number of fused-ring (bicyclic) bond motifs is 4. The highest BCUT2D eigenvalue weighted by Gasteiger charge is 2.42. The number of alkyl halides is 3. The quantitative estimate of drug-likeness (QED) is 0.0845. The first-order valence-electron chi connectivity index (χ1n) is 28.2. The fraction of sp³-hybridized carbons (Fsp3) is 0.129. The summed E-state index contributed by atoms with van der Waals surface area (Å²) in [5, 5.41) is 15.1. The van der Waals surface area contributed by atoms with E-state index in [0.717, 1.165) is 95.2 Å². The van der Waals surface area contributed by atoms with Gasteiger partial charge in [0, 0.05) is 71.5 Å². The zero-order valence-corrected chi connectivity index (χ0v) is 47.0. The minimum atomic E-state index is -4.64. The molecule has 2 atom stereocenters. The molecule has 0 amide bonds. The molecule has 426 valence electrons. The molecular weight excluding hydrogens is 1100 g/mol. The maximum Gasteiger partial charge on any atom is 0.446 e. The van der Waals surface area contributed by atoms with Crippen molar-refractivity contribution < 1.29 is 27.0 Å². The van der Waals surface area contributed by atoms with Gasteiger partial charge in [-0.15, -0.1) is 0 Å². The summed E-state index contributed by atoms with van der Waals surface area (Å²) in [6, 6.07) is 69.1. The number of pyridine rings is 2. The van der Waals surface area contributed by atoms with Gasteiger partial charge < -0.3 is 9.05 Å². The lowest BCUT2D eigenvalue weighted by molar-refractivity contribution is -0.156. The van der Waals surface area contributed by atoms with Crippen LogP contribution in [0.15, 0.2) is 249 Å². The van der Waals surface area contributed by atoms with Crippen LogP contribution in [0.3, 0.4) is 0 Å². The van der Waals surface area contributed by atoms with E-state index in [2.05, 4.69) is 183 Å². The van der Waals surface area contributed by atoms with Crippen LogP contribution in [0, 0.1) is 0 Å². The number of nitrogens with zero attached hydrogens (tertiary/aromatic N) is 11. The highest BCUT2D eigenvalue weighted by atomic mass is 19.4. The van der Waals surface area contributed by atoms with Gasteiger partial charge in [0.05, 0.1) is 29.1 Å². The summed E-state index contributed by atoms with van der Waals surface area (Å²) in [6.07, 6.45) is 2.77. The molecule has 0 aliphatic carbocycles. The van der Waals surface area contributed by atoms with Crippen molar-refractivity contribution in [3.05, 3.63) is 304 Å². The van der Waals surface area contributed by atoms with Crippen molar-refractivity contribution in [2.75, 3.05) is 0 Å². The molecule has 14 nitrogen and oxygen atoms in total. The minimum Gasteiger partial charge on any atom is -0.333 e. The van der Waals surface area contributed by atoms with E-state index in [4.69, 9.17) is 38.9 Å². The summed E-state index contributed by atoms with van der Waals surface area (Å²) in [4.78, 5) is 41.2. The lowest BCUT2D eigenvalue weighted by atomic mass is 9.77. The lowest BCUT2D eigenvalue weighted by Gasteiger charge is -2.37. The third kappa shape index (κ3) is 11.0. The number of hydrogen-bond acceptors (Lipinski definition) is 13. The van der Waals surface area contributed by atoms with Crippen molar-refractivity contribution in [1.29, 1.82) is 0 Å². The number of benzene rings is 7. The predicted octanol–water partition coefficient (Wildman–Crippen LogP) is 14.5. The molecule has 12 aromatic rings. The van der Waals surface area contributed by atoms with E-state index in [1.807, 2.05) is 73.1 Å². The number of aliphatic imine (C=N–C) groups is 3. The summed E-state index contributed by atoms with van der Waals surface area (Å²) in [6.45, 7) is 4.86. The second kappa shape index (κ2) is 23.6. The standard InChI is InChI=1S/C43H32N6O.C25H19N5O.C2HF3O/c1-29(30-14-6-2-7-15-30)41-46-42(50-48-41)38-26-32-27-39-36(28-37(32)45-38)40(31-22-24-44-25-23-31)47-49(39)43(33-16-8-3-9-17-33,34-18-10-4-11-19-34)35-20-12-5-13-21-35;1-15(16-5-3-2-4-6-16)24-29-25(31-30-24)22-12-18-11-19-14-27-23(17-7-9-26-10-8-17)20(19)13-21(18)28-22;3-2(4,5)1-6/h2-25,27-29H,26H2,1H3;2-11,13,15H,12,14H2,1H3;1H. The Morgan fingerprint density at radius 3 is 1.44 bits per heavy atom. The molecule has 0 spiro atoms. The Hall–Kier alpha value is -10.9. The first kappa shape index (κ1) is 55.3. The summed E-state index contributed by atoms with van der Waals surface area (Å²) in [5.74, 6) is 2.32. The third-order valence-electron chi connectivity index (χ3n) is 15.8. The molecule has 17 heteroatoms. The van der Waals surface area contributed by atoms with Crippen molar-refractivity contribution in [2.24, 2.45) is 15.0 Å². The molecular formula is C70H52F3N11O3. The highest BCUT2D eigenvalue weighted by molar-refractivity contribution is 6.16. The van der Waals surface area contributed by atoms with Gasteiger partial charge in [-0.2, -0.15) is 28.2 Å². The fourth-order valence-electron chi connectivity index (χ4n) is 11.4. The molecule has 0 saturated carbocycles. The Morgan fingerprint density at radius 1 is 0.529 bits per heavy atom. The normalized spacial score (nSPS) is 13.8. The lowest BCUT2D eigenvalue weighted by Crippen LogP contribution is -2.38. The topological polar surface area (TPSA) is 176 Å². The number of halogens is 3. The van der Waals surface area contributed by atoms with Gasteiger partial charge in [-0.05, 0) is 87.0 Å². The Kier molecular flexibility index (Phi) is 15.0. The molecule has 0 N–H and O–H groups in total. The molecule has 0 bridgehead atoms. The fourth-order valence-corrected chi connectivity index (χ4v) is 11.4. The molecule has 5 aromatic heterocycles. The smallest absolute Gasteiger partial charge is 0.333 e. The zero-order valence-electron chi connectivity index (χ0n) is 47.0. The van der Waals surface area contributed by atoms with Crippen molar-refractivity contribution in [3.8, 4) is 11.3 Å². The molecule has 0 fully saturated rings. The molecule has 0 radical (unpaired) electrons. The van der Waals surface area contributed by atoms with Crippen LogP contribution < -0.4 is 0 Å². The predicted molar refractivity (Wildman–Crippen MR) is 326 cm³/mol. The maximum atomic E-state index is 10.4. The first-order chi connectivity index (χ1) is 42.5. The average molecular weight is 1150 g/mol. The number of aromatic nitrogens is 8. The molecule has 0 saturated heterocycles. The minimum absolute atomic E-state index is 0.00310. The van der Waals surface area contributed by atoms with Crippen molar-refractivity contribution in [3.63, 3.8) is 0 Å². The van der Waals surface area contributed by atoms with Crippen LogP contribution in [0.1, 0.15) is 105 Å². The highest BCUT2D eigenvalue weighted by Crippen LogP contribution is 2.46. The summed E-state index contributed by atoms with van der Waals surface area (Å²) < 4.78 is 44.9. The van der Waals surface area contributed by atoms with Crippen LogP contribution in [0.25, 0.3) is 22.2 Å². The van der Waals surface area contributed by atoms with Crippen LogP contribution >= 0.6 is 0 Å². The van der Waals surface area contributed by atoms with E-state index in [0.29, 0.717) is 42.8 Å². The van der Waals surface area contributed by atoms with Crippen LogP contribution in [0.4, 0.5) is 24.5 Å².